The third-order valence-corrected chi connectivity index (χ3v) is 16.6. The Labute approximate surface area is 175 Å². The Balaban J connectivity index is 2.32. The molecule has 2 heteroatoms. The molecule has 0 saturated carbocycles. The molecule has 0 radical (unpaired) electrons. The molecule has 0 saturated heterocycles. The minimum Gasteiger partial charge on any atom is -0.0654 e. The molecule has 0 bridgehead atoms. The molecular formula is C26H38Si2. The van der Waals surface area contributed by atoms with Gasteiger partial charge in [-0.25, -0.2) is 0 Å². The molecule has 0 amide bonds. The van der Waals surface area contributed by atoms with Gasteiger partial charge in [-0.15, -0.1) is 0 Å². The Hall–Kier alpha value is -1.57. The molecule has 0 aromatic heterocycles. The second-order valence-corrected chi connectivity index (χ2v) is 19.5. The lowest BCUT2D eigenvalue weighted by molar-refractivity contribution is 0.848. The second-order valence-electron chi connectivity index (χ2n) is 9.47. The van der Waals surface area contributed by atoms with E-state index >= 15 is 0 Å². The summed E-state index contributed by atoms with van der Waals surface area (Å²) in [6, 6.07) is 18.0. The molecule has 0 aliphatic rings. The van der Waals surface area contributed by atoms with Crippen LogP contribution < -0.4 is 10.4 Å². The monoisotopic (exact) mass is 406 g/mol. The van der Waals surface area contributed by atoms with Crippen LogP contribution in [-0.4, -0.2) is 16.1 Å². The predicted molar refractivity (Wildman–Crippen MR) is 133 cm³/mol. The molecular weight excluding hydrogens is 368 g/mol. The smallest absolute Gasteiger partial charge is 0.0654 e. The molecule has 2 atom stereocenters. The van der Waals surface area contributed by atoms with Crippen LogP contribution in [0.15, 0.2) is 48.5 Å². The first kappa shape index (κ1) is 22.7. The van der Waals surface area contributed by atoms with Gasteiger partial charge in [0.15, 0.2) is 0 Å². The fourth-order valence-electron chi connectivity index (χ4n) is 3.73. The molecule has 0 unspecified atom stereocenters. The molecule has 150 valence electrons. The molecule has 0 nitrogen and oxygen atoms in total. The van der Waals surface area contributed by atoms with Gasteiger partial charge in [0, 0.05) is 11.1 Å². The Morgan fingerprint density at radius 1 is 0.679 bits per heavy atom. The van der Waals surface area contributed by atoms with E-state index in [1.165, 1.54) is 23.2 Å². The van der Waals surface area contributed by atoms with E-state index < -0.39 is 16.1 Å². The minimum absolute atomic E-state index is 0.778. The molecule has 2 rings (SSSR count). The van der Waals surface area contributed by atoms with E-state index in [0.717, 1.165) is 22.2 Å². The molecule has 0 N–H and O–H groups in total. The topological polar surface area (TPSA) is 0 Å². The van der Waals surface area contributed by atoms with Crippen molar-refractivity contribution in [1.82, 2.24) is 0 Å². The van der Waals surface area contributed by atoms with E-state index in [1.807, 2.05) is 0 Å². The van der Waals surface area contributed by atoms with E-state index in [4.69, 9.17) is 0 Å². The fourth-order valence-corrected chi connectivity index (χ4v) is 9.02. The van der Waals surface area contributed by atoms with Crippen molar-refractivity contribution in [2.75, 3.05) is 0 Å². The Kier molecular flexibility index (Phi) is 7.54. The SMILES string of the molecule is CC[C@H](C)[Si](C)(C)c1cccc(C#Cc2cccc([Si](C)(C)[C@@H](C)CC)c2)c1. The van der Waals surface area contributed by atoms with E-state index in [1.54, 1.807) is 0 Å². The van der Waals surface area contributed by atoms with Crippen LogP contribution in [0.25, 0.3) is 0 Å². The minimum atomic E-state index is -1.44. The van der Waals surface area contributed by atoms with E-state index in [2.05, 4.69) is 114 Å². The van der Waals surface area contributed by atoms with Crippen LogP contribution in [0, 0.1) is 11.8 Å². The maximum Gasteiger partial charge on any atom is 0.0834 e. The molecule has 2 aromatic carbocycles. The summed E-state index contributed by atoms with van der Waals surface area (Å²) >= 11 is 0. The zero-order valence-electron chi connectivity index (χ0n) is 19.2. The van der Waals surface area contributed by atoms with Crippen molar-refractivity contribution in [1.29, 1.82) is 0 Å². The van der Waals surface area contributed by atoms with Gasteiger partial charge >= 0.3 is 0 Å². The van der Waals surface area contributed by atoms with Gasteiger partial charge in [-0.1, -0.05) is 113 Å². The van der Waals surface area contributed by atoms with Crippen molar-refractivity contribution < 1.29 is 0 Å². The van der Waals surface area contributed by atoms with Gasteiger partial charge in [0.05, 0.1) is 16.1 Å². The van der Waals surface area contributed by atoms with Crippen molar-refractivity contribution in [3.05, 3.63) is 59.7 Å². The summed E-state index contributed by atoms with van der Waals surface area (Å²) in [7, 11) is -2.87. The normalized spacial score (nSPS) is 14.1. The van der Waals surface area contributed by atoms with E-state index in [-0.39, 0.29) is 0 Å². The second kappa shape index (κ2) is 9.29. The first-order chi connectivity index (χ1) is 13.1. The molecule has 0 spiro atoms. The van der Waals surface area contributed by atoms with Gasteiger partial charge in [0.2, 0.25) is 0 Å². The number of hydrogen-bond donors (Lipinski definition) is 0. The largest absolute Gasteiger partial charge is 0.0834 e. The Morgan fingerprint density at radius 2 is 1.04 bits per heavy atom. The third-order valence-electron chi connectivity index (χ3n) is 7.25. The first-order valence-corrected chi connectivity index (χ1v) is 17.0. The highest BCUT2D eigenvalue weighted by Gasteiger charge is 2.30. The maximum absolute atomic E-state index is 3.44. The van der Waals surface area contributed by atoms with Gasteiger partial charge in [-0.05, 0) is 35.3 Å². The molecule has 0 aliphatic heterocycles. The summed E-state index contributed by atoms with van der Waals surface area (Å²) in [5.41, 5.74) is 3.84. The average molecular weight is 407 g/mol. The van der Waals surface area contributed by atoms with Crippen molar-refractivity contribution in [3.8, 4) is 11.8 Å². The van der Waals surface area contributed by atoms with Crippen LogP contribution in [0.1, 0.15) is 51.7 Å². The van der Waals surface area contributed by atoms with E-state index in [0.29, 0.717) is 0 Å². The zero-order valence-corrected chi connectivity index (χ0v) is 21.2. The van der Waals surface area contributed by atoms with Gasteiger partial charge in [0.1, 0.15) is 0 Å². The highest BCUT2D eigenvalue weighted by atomic mass is 28.3. The Bertz CT molecular complexity index is 782. The lowest BCUT2D eigenvalue weighted by Crippen LogP contribution is -2.45. The Morgan fingerprint density at radius 3 is 1.36 bits per heavy atom. The van der Waals surface area contributed by atoms with Crippen molar-refractivity contribution in [2.24, 2.45) is 0 Å². The maximum atomic E-state index is 3.44. The summed E-state index contributed by atoms with van der Waals surface area (Å²) in [6.07, 6.45) is 2.50. The summed E-state index contributed by atoms with van der Waals surface area (Å²) in [6.45, 7) is 19.4. The molecule has 0 fully saturated rings. The van der Waals surface area contributed by atoms with Crippen LogP contribution in [0.3, 0.4) is 0 Å². The van der Waals surface area contributed by atoms with Gasteiger partial charge < -0.3 is 0 Å². The number of hydrogen-bond acceptors (Lipinski definition) is 0. The van der Waals surface area contributed by atoms with Gasteiger partial charge in [-0.2, -0.15) is 0 Å². The summed E-state index contributed by atoms with van der Waals surface area (Å²) in [5.74, 6) is 6.88. The standard InChI is InChI=1S/C26H38Si2/c1-9-21(3)27(5,6)25-15-11-13-23(19-25)17-18-24-14-12-16-26(20-24)28(7,8)22(4)10-2/h11-16,19-22H,9-10H2,1-8H3/t21-,22-/m0/s1. The summed E-state index contributed by atoms with van der Waals surface area (Å²) in [4.78, 5) is 0. The lowest BCUT2D eigenvalue weighted by atomic mass is 10.2. The van der Waals surface area contributed by atoms with Crippen molar-refractivity contribution in [2.45, 2.75) is 77.8 Å². The summed E-state index contributed by atoms with van der Waals surface area (Å²) < 4.78 is 0. The lowest BCUT2D eigenvalue weighted by Gasteiger charge is -2.29. The molecule has 0 aliphatic carbocycles. The highest BCUT2D eigenvalue weighted by Crippen LogP contribution is 2.25. The molecule has 0 heterocycles. The highest BCUT2D eigenvalue weighted by molar-refractivity contribution is 6.91. The van der Waals surface area contributed by atoms with Crippen LogP contribution in [0.2, 0.25) is 37.3 Å². The fraction of sp³-hybridized carbons (Fsp3) is 0.462. The molecule has 28 heavy (non-hydrogen) atoms. The van der Waals surface area contributed by atoms with Crippen LogP contribution in [0.5, 0.6) is 0 Å². The van der Waals surface area contributed by atoms with Crippen LogP contribution >= 0.6 is 0 Å². The third kappa shape index (κ3) is 5.07. The zero-order chi connectivity index (χ0) is 20.9. The quantitative estimate of drug-likeness (QED) is 0.378. The summed E-state index contributed by atoms with van der Waals surface area (Å²) in [5, 5.41) is 3.04. The van der Waals surface area contributed by atoms with Gasteiger partial charge in [0.25, 0.3) is 0 Å². The number of rotatable bonds is 6. The molecule has 2 aromatic rings. The average Bonchev–Trinajstić information content (AvgIpc) is 2.71. The van der Waals surface area contributed by atoms with Crippen molar-refractivity contribution >= 4 is 26.5 Å². The van der Waals surface area contributed by atoms with Crippen molar-refractivity contribution in [3.63, 3.8) is 0 Å². The van der Waals surface area contributed by atoms with Crippen LogP contribution in [-0.2, 0) is 0 Å². The first-order valence-electron chi connectivity index (χ1n) is 10.9. The predicted octanol–water partition coefficient (Wildman–Crippen LogP) is 6.52. The van der Waals surface area contributed by atoms with Gasteiger partial charge in [-0.3, -0.25) is 0 Å². The van der Waals surface area contributed by atoms with Crippen LogP contribution in [0.4, 0.5) is 0 Å². The number of benzene rings is 2. The van der Waals surface area contributed by atoms with E-state index in [9.17, 15) is 0 Å².